The van der Waals surface area contributed by atoms with Crippen LogP contribution in [-0.4, -0.2) is 18.6 Å². The fourth-order valence-electron chi connectivity index (χ4n) is 2.56. The largest absolute Gasteiger partial charge is 0.489 e. The zero-order chi connectivity index (χ0) is 14.2. The average molecular weight is 271 g/mol. The van der Waals surface area contributed by atoms with Crippen molar-refractivity contribution in [3.05, 3.63) is 69.8 Å². The number of non-ortho nitro benzene ring substituents is 1. The molecule has 1 aliphatic rings. The third-order valence-electron chi connectivity index (χ3n) is 3.65. The molecular weight excluding hydrogens is 258 g/mol. The van der Waals surface area contributed by atoms with Crippen LogP contribution in [0.15, 0.2) is 48.5 Å². The Balaban J connectivity index is 2.09. The van der Waals surface area contributed by atoms with E-state index in [4.69, 9.17) is 9.47 Å². The molecule has 5 heteroatoms. The van der Waals surface area contributed by atoms with Crippen molar-refractivity contribution in [3.8, 4) is 5.75 Å². The number of benzene rings is 2. The minimum Gasteiger partial charge on any atom is -0.489 e. The van der Waals surface area contributed by atoms with Crippen molar-refractivity contribution < 1.29 is 14.4 Å². The van der Waals surface area contributed by atoms with Gasteiger partial charge in [-0.05, 0) is 23.8 Å². The van der Waals surface area contributed by atoms with E-state index in [1.54, 1.807) is 19.2 Å². The lowest BCUT2D eigenvalue weighted by Gasteiger charge is -2.26. The molecule has 102 valence electrons. The number of nitro benzene ring substituents is 1. The lowest BCUT2D eigenvalue weighted by molar-refractivity contribution is -0.384. The van der Waals surface area contributed by atoms with Crippen molar-refractivity contribution in [1.29, 1.82) is 0 Å². The van der Waals surface area contributed by atoms with E-state index >= 15 is 0 Å². The molecule has 2 aromatic carbocycles. The second kappa shape index (κ2) is 4.61. The molecule has 1 aliphatic heterocycles. The molecule has 0 bridgehead atoms. The third kappa shape index (κ3) is 1.75. The van der Waals surface area contributed by atoms with E-state index in [9.17, 15) is 10.1 Å². The summed E-state index contributed by atoms with van der Waals surface area (Å²) in [6, 6.07) is 14.1. The molecule has 20 heavy (non-hydrogen) atoms. The average Bonchev–Trinajstić information content (AvgIpc) is 2.87. The van der Waals surface area contributed by atoms with Crippen LogP contribution in [-0.2, 0) is 10.3 Å². The molecule has 5 nitrogen and oxygen atoms in total. The highest BCUT2D eigenvalue weighted by Gasteiger charge is 2.42. The summed E-state index contributed by atoms with van der Waals surface area (Å²) in [7, 11) is 1.62. The Kier molecular flexibility index (Phi) is 2.91. The standard InChI is InChI=1S/C15H13NO4/c1-19-15(10-20-14-5-3-2-4-13(14)15)11-6-8-12(9-7-11)16(17)18/h2-9H,10H2,1H3. The van der Waals surface area contributed by atoms with Crippen LogP contribution in [0.25, 0.3) is 0 Å². The molecule has 0 aromatic heterocycles. The molecule has 0 amide bonds. The fourth-order valence-corrected chi connectivity index (χ4v) is 2.56. The molecule has 0 saturated heterocycles. The maximum Gasteiger partial charge on any atom is 0.269 e. The molecule has 0 saturated carbocycles. The van der Waals surface area contributed by atoms with E-state index in [2.05, 4.69) is 0 Å². The summed E-state index contributed by atoms with van der Waals surface area (Å²) < 4.78 is 11.4. The quantitative estimate of drug-likeness (QED) is 0.636. The number of hydrogen-bond acceptors (Lipinski definition) is 4. The summed E-state index contributed by atoms with van der Waals surface area (Å²) in [4.78, 5) is 10.3. The number of nitrogens with zero attached hydrogens (tertiary/aromatic N) is 1. The first-order valence-electron chi connectivity index (χ1n) is 6.20. The maximum absolute atomic E-state index is 10.7. The van der Waals surface area contributed by atoms with Crippen molar-refractivity contribution in [3.63, 3.8) is 0 Å². The second-order valence-electron chi connectivity index (χ2n) is 4.62. The van der Waals surface area contributed by atoms with E-state index in [0.29, 0.717) is 6.61 Å². The van der Waals surface area contributed by atoms with Gasteiger partial charge in [0, 0.05) is 24.8 Å². The second-order valence-corrected chi connectivity index (χ2v) is 4.62. The van der Waals surface area contributed by atoms with Crippen LogP contribution < -0.4 is 4.74 Å². The van der Waals surface area contributed by atoms with E-state index in [1.807, 2.05) is 24.3 Å². The van der Waals surface area contributed by atoms with Crippen molar-refractivity contribution in [2.75, 3.05) is 13.7 Å². The number of hydrogen-bond donors (Lipinski definition) is 0. The van der Waals surface area contributed by atoms with Crippen LogP contribution in [0.3, 0.4) is 0 Å². The van der Waals surface area contributed by atoms with Crippen LogP contribution in [0.2, 0.25) is 0 Å². The molecule has 3 rings (SSSR count). The van der Waals surface area contributed by atoms with Crippen LogP contribution in [0.1, 0.15) is 11.1 Å². The van der Waals surface area contributed by atoms with Gasteiger partial charge in [-0.25, -0.2) is 0 Å². The lowest BCUT2D eigenvalue weighted by Crippen LogP contribution is -2.31. The number of methoxy groups -OCH3 is 1. The molecule has 0 aliphatic carbocycles. The minimum atomic E-state index is -0.703. The van der Waals surface area contributed by atoms with E-state index in [-0.39, 0.29) is 5.69 Å². The summed E-state index contributed by atoms with van der Waals surface area (Å²) in [5.74, 6) is 0.785. The van der Waals surface area contributed by atoms with Crippen molar-refractivity contribution >= 4 is 5.69 Å². The third-order valence-corrected chi connectivity index (χ3v) is 3.65. The Labute approximate surface area is 115 Å². The monoisotopic (exact) mass is 271 g/mol. The first kappa shape index (κ1) is 12.6. The first-order valence-corrected chi connectivity index (χ1v) is 6.20. The van der Waals surface area contributed by atoms with E-state index < -0.39 is 10.5 Å². The van der Waals surface area contributed by atoms with Gasteiger partial charge in [0.25, 0.3) is 5.69 Å². The van der Waals surface area contributed by atoms with Gasteiger partial charge in [0.15, 0.2) is 5.60 Å². The Bertz CT molecular complexity index is 653. The van der Waals surface area contributed by atoms with Crippen LogP contribution >= 0.6 is 0 Å². The molecule has 0 radical (unpaired) electrons. The van der Waals surface area contributed by atoms with Gasteiger partial charge in [0.1, 0.15) is 12.4 Å². The normalized spacial score (nSPS) is 20.2. The molecule has 1 unspecified atom stereocenters. The fraction of sp³-hybridized carbons (Fsp3) is 0.200. The highest BCUT2D eigenvalue weighted by Crippen LogP contribution is 2.44. The van der Waals surface area contributed by atoms with Gasteiger partial charge >= 0.3 is 0 Å². The van der Waals surface area contributed by atoms with Gasteiger partial charge in [-0.2, -0.15) is 0 Å². The Morgan fingerprint density at radius 2 is 1.90 bits per heavy atom. The number of nitro groups is 1. The van der Waals surface area contributed by atoms with Gasteiger partial charge < -0.3 is 9.47 Å². The van der Waals surface area contributed by atoms with E-state index in [1.165, 1.54) is 12.1 Å². The van der Waals surface area contributed by atoms with Crippen LogP contribution in [0, 0.1) is 10.1 Å². The van der Waals surface area contributed by atoms with Gasteiger partial charge in [-0.1, -0.05) is 18.2 Å². The Morgan fingerprint density at radius 3 is 2.55 bits per heavy atom. The number of para-hydroxylation sites is 1. The van der Waals surface area contributed by atoms with Crippen LogP contribution in [0.5, 0.6) is 5.75 Å². The van der Waals surface area contributed by atoms with Crippen molar-refractivity contribution in [1.82, 2.24) is 0 Å². The summed E-state index contributed by atoms with van der Waals surface area (Å²) >= 11 is 0. The molecule has 1 heterocycles. The summed E-state index contributed by atoms with van der Waals surface area (Å²) in [6.45, 7) is 0.362. The zero-order valence-electron chi connectivity index (χ0n) is 10.9. The molecule has 2 aromatic rings. The zero-order valence-corrected chi connectivity index (χ0v) is 10.9. The number of rotatable bonds is 3. The Morgan fingerprint density at radius 1 is 1.20 bits per heavy atom. The smallest absolute Gasteiger partial charge is 0.269 e. The van der Waals surface area contributed by atoms with Gasteiger partial charge in [-0.3, -0.25) is 10.1 Å². The maximum atomic E-state index is 10.7. The number of fused-ring (bicyclic) bond motifs is 1. The van der Waals surface area contributed by atoms with Gasteiger partial charge in [0.2, 0.25) is 0 Å². The molecule has 0 N–H and O–H groups in total. The predicted octanol–water partition coefficient (Wildman–Crippen LogP) is 2.88. The molecule has 0 fully saturated rings. The molecule has 0 spiro atoms. The van der Waals surface area contributed by atoms with Crippen molar-refractivity contribution in [2.45, 2.75) is 5.60 Å². The summed E-state index contributed by atoms with van der Waals surface area (Å²) in [5.41, 5.74) is 1.14. The van der Waals surface area contributed by atoms with Crippen LogP contribution in [0.4, 0.5) is 5.69 Å². The Hall–Kier alpha value is -2.40. The van der Waals surface area contributed by atoms with Gasteiger partial charge in [0.05, 0.1) is 4.92 Å². The SMILES string of the molecule is COC1(c2ccc([N+](=O)[O-])cc2)COc2ccccc21. The van der Waals surface area contributed by atoms with E-state index in [0.717, 1.165) is 16.9 Å². The molecule has 1 atom stereocenters. The summed E-state index contributed by atoms with van der Waals surface area (Å²) in [5, 5.41) is 10.7. The number of ether oxygens (including phenoxy) is 2. The highest BCUT2D eigenvalue weighted by atomic mass is 16.6. The lowest BCUT2D eigenvalue weighted by atomic mass is 9.88. The molecular formula is C15H13NO4. The summed E-state index contributed by atoms with van der Waals surface area (Å²) in [6.07, 6.45) is 0. The minimum absolute atomic E-state index is 0.0622. The topological polar surface area (TPSA) is 61.6 Å². The highest BCUT2D eigenvalue weighted by molar-refractivity contribution is 5.50. The van der Waals surface area contributed by atoms with Crippen molar-refractivity contribution in [2.24, 2.45) is 0 Å². The van der Waals surface area contributed by atoms with Gasteiger partial charge in [-0.15, -0.1) is 0 Å². The first-order chi connectivity index (χ1) is 9.67. The predicted molar refractivity (Wildman–Crippen MR) is 72.8 cm³/mol.